The average Bonchev–Trinajstić information content (AvgIpc) is 2.55. The molecule has 0 saturated carbocycles. The second-order valence-corrected chi connectivity index (χ2v) is 16.2. The summed E-state index contributed by atoms with van der Waals surface area (Å²) in [5, 5.41) is 0.220. The monoisotopic (exact) mass is 479 g/mol. The number of nitrogens with zero attached hydrogens (tertiary/aromatic N) is 1. The minimum atomic E-state index is -2.25. The summed E-state index contributed by atoms with van der Waals surface area (Å²) in [7, 11) is 4.15. The van der Waals surface area contributed by atoms with Crippen molar-refractivity contribution < 1.29 is 26.2 Å². The molecule has 6 nitrogen and oxygen atoms in total. The molecule has 0 aliphatic carbocycles. The fourth-order valence-corrected chi connectivity index (χ4v) is 1.21. The van der Waals surface area contributed by atoms with E-state index in [1.54, 1.807) is 6.66 Å². The summed E-state index contributed by atoms with van der Waals surface area (Å²) < 4.78 is 42.6. The normalized spacial score (nSPS) is 15.6. The molecule has 0 rings (SSSR count). The summed E-state index contributed by atoms with van der Waals surface area (Å²) >= 11 is 0. The quantitative estimate of drug-likeness (QED) is 0.243. The van der Waals surface area contributed by atoms with Gasteiger partial charge in [-0.3, -0.25) is 15.0 Å². The summed E-state index contributed by atoms with van der Waals surface area (Å²) in [6, 6.07) is 0.736. The fourth-order valence-electron chi connectivity index (χ4n) is 0.403. The van der Waals surface area contributed by atoms with Crippen LogP contribution in [-0.4, -0.2) is 84.7 Å². The Hall–Kier alpha value is 0.150. The molecule has 0 aromatic rings. The van der Waals surface area contributed by atoms with Crippen molar-refractivity contribution in [3.63, 3.8) is 0 Å². The van der Waals surface area contributed by atoms with E-state index in [-0.39, 0.29) is 16.2 Å². The lowest BCUT2D eigenvalue weighted by atomic mass is 10.3. The minimum Gasteiger partial charge on any atom is -0.461 e. The Kier molecular flexibility index (Phi) is 21.1. The van der Waals surface area contributed by atoms with Gasteiger partial charge in [-0.15, -0.1) is 0 Å². The van der Waals surface area contributed by atoms with Crippen LogP contribution < -0.4 is 0 Å². The summed E-state index contributed by atoms with van der Waals surface area (Å²) in [5.41, 5.74) is 0.146. The molecule has 0 aliphatic rings. The van der Waals surface area contributed by atoms with Crippen LogP contribution in [0.4, 0.5) is 0 Å². The number of rotatable bonds is 6. The van der Waals surface area contributed by atoms with Crippen molar-refractivity contribution in [2.45, 2.75) is 77.6 Å². The predicted molar refractivity (Wildman–Crippen MR) is 137 cm³/mol. The van der Waals surface area contributed by atoms with E-state index in [9.17, 15) is 13.0 Å². The Morgan fingerprint density at radius 1 is 0.966 bits per heavy atom. The maximum absolute atomic E-state index is 11.1. The minimum absolute atomic E-state index is 0.00694. The van der Waals surface area contributed by atoms with Gasteiger partial charge in [-0.1, -0.05) is 32.9 Å². The topological polar surface area (TPSA) is 69.7 Å². The van der Waals surface area contributed by atoms with Gasteiger partial charge in [-0.05, 0) is 33.6 Å². The van der Waals surface area contributed by atoms with Crippen molar-refractivity contribution >= 4 is 39.3 Å². The molecular formula is C20H50NO5PS2. The molecule has 0 radical (unpaired) electrons. The highest BCUT2D eigenvalue weighted by molar-refractivity contribution is 7.96. The van der Waals surface area contributed by atoms with E-state index in [1.807, 2.05) is 41.5 Å². The van der Waals surface area contributed by atoms with Crippen molar-refractivity contribution in [3.8, 4) is 0 Å². The van der Waals surface area contributed by atoms with Crippen LogP contribution in [0, 0.1) is 0 Å². The molecule has 0 fully saturated rings. The zero-order valence-electron chi connectivity index (χ0n) is 21.5. The molecule has 9 heteroatoms. The molecule has 0 bridgehead atoms. The van der Waals surface area contributed by atoms with E-state index in [0.717, 1.165) is 10.5 Å². The third kappa shape index (κ3) is 24.3. The van der Waals surface area contributed by atoms with E-state index in [2.05, 4.69) is 50.9 Å². The zero-order valence-corrected chi connectivity index (χ0v) is 24.0. The van der Waals surface area contributed by atoms with Gasteiger partial charge in [0.2, 0.25) is 7.37 Å². The van der Waals surface area contributed by atoms with Gasteiger partial charge in [0.15, 0.2) is 0 Å². The molecule has 0 amide bonds. The van der Waals surface area contributed by atoms with Crippen LogP contribution >= 0.6 is 7.37 Å². The second-order valence-electron chi connectivity index (χ2n) is 8.70. The molecule has 0 aliphatic heterocycles. The van der Waals surface area contributed by atoms with Gasteiger partial charge in [0.1, 0.15) is 0 Å². The Morgan fingerprint density at radius 2 is 1.24 bits per heavy atom. The third-order valence-corrected chi connectivity index (χ3v) is 10.0. The first-order chi connectivity index (χ1) is 12.6. The van der Waals surface area contributed by atoms with Crippen molar-refractivity contribution in [2.75, 3.05) is 42.0 Å². The zero-order chi connectivity index (χ0) is 24.8. The summed E-state index contributed by atoms with van der Waals surface area (Å²) in [6.45, 7) is 17.3. The smallest absolute Gasteiger partial charge is 0.202 e. The molecule has 0 N–H and O–H groups in total. The summed E-state index contributed by atoms with van der Waals surface area (Å²) in [5.74, 6) is 6.70. The van der Waals surface area contributed by atoms with E-state index in [0.29, 0.717) is 0 Å². The lowest BCUT2D eigenvalue weighted by Crippen LogP contribution is -2.41. The Bertz CT molecular complexity index is 609. The van der Waals surface area contributed by atoms with Crippen LogP contribution in [0.5, 0.6) is 0 Å². The molecule has 0 spiro atoms. The molecule has 0 aromatic carbocycles. The first-order valence-corrected chi connectivity index (χ1v) is 14.9. The first-order valence-electron chi connectivity index (χ1n) is 9.65. The molecule has 29 heavy (non-hydrogen) atoms. The maximum Gasteiger partial charge on any atom is 0.202 e. The van der Waals surface area contributed by atoms with Gasteiger partial charge >= 0.3 is 0 Å². The molecule has 0 heterocycles. The van der Waals surface area contributed by atoms with Crippen LogP contribution in [0.25, 0.3) is 0 Å². The van der Waals surface area contributed by atoms with E-state index in [4.69, 9.17) is 4.52 Å². The lowest BCUT2D eigenvalue weighted by molar-refractivity contribution is -0.891. The largest absolute Gasteiger partial charge is 0.461 e. The van der Waals surface area contributed by atoms with Crippen molar-refractivity contribution in [1.82, 2.24) is 0 Å². The van der Waals surface area contributed by atoms with Crippen molar-refractivity contribution in [2.24, 2.45) is 0 Å². The number of quaternary nitrogens is 1. The molecule has 2 unspecified atom stereocenters. The third-order valence-electron chi connectivity index (χ3n) is 4.38. The average molecular weight is 480 g/mol. The number of hydrogen-bond donors (Lipinski definition) is 0. The summed E-state index contributed by atoms with van der Waals surface area (Å²) in [6.07, 6.45) is 0. The van der Waals surface area contributed by atoms with Crippen LogP contribution in [0.1, 0.15) is 55.4 Å². The van der Waals surface area contributed by atoms with Gasteiger partial charge < -0.3 is 17.4 Å². The van der Waals surface area contributed by atoms with Crippen molar-refractivity contribution in [3.05, 3.63) is 0 Å². The van der Waals surface area contributed by atoms with Crippen LogP contribution in [-0.2, 0) is 37.7 Å². The van der Waals surface area contributed by atoms with Crippen LogP contribution in [0.3, 0.4) is 0 Å². The first kappa shape index (κ1) is 36.5. The molecular weight excluding hydrogens is 429 g/mol. The van der Waals surface area contributed by atoms with Gasteiger partial charge in [-0.2, -0.15) is 5.87 Å². The predicted octanol–water partition coefficient (Wildman–Crippen LogP) is 4.51. The van der Waals surface area contributed by atoms with E-state index >= 15 is 0 Å². The highest BCUT2D eigenvalue weighted by atomic mass is 32.2. The van der Waals surface area contributed by atoms with Gasteiger partial charge in [0.05, 0.1) is 44.1 Å². The SMILES string of the molecule is C=S(=O)(OC)C(C)C.C=[S-](=O)C(C)C.CC(C)[N+](C)(C)C.COP(C)(=O)C(C)C. The molecule has 0 aromatic heterocycles. The van der Waals surface area contributed by atoms with Crippen LogP contribution in [0.2, 0.25) is 0 Å². The number of hydrogen-bond acceptors (Lipinski definition) is 6. The molecule has 0 saturated heterocycles. The lowest BCUT2D eigenvalue weighted by Gasteiger charge is -2.28. The maximum atomic E-state index is 11.1. The van der Waals surface area contributed by atoms with E-state index in [1.165, 1.54) is 14.2 Å². The Balaban J connectivity index is -0.000000145. The van der Waals surface area contributed by atoms with E-state index < -0.39 is 27.6 Å². The van der Waals surface area contributed by atoms with Gasteiger partial charge in [0, 0.05) is 24.7 Å². The summed E-state index contributed by atoms with van der Waals surface area (Å²) in [4.78, 5) is 0. The molecule has 182 valence electrons. The Morgan fingerprint density at radius 3 is 1.24 bits per heavy atom. The van der Waals surface area contributed by atoms with Crippen molar-refractivity contribution in [1.29, 1.82) is 0 Å². The highest BCUT2D eigenvalue weighted by Gasteiger charge is 2.17. The highest BCUT2D eigenvalue weighted by Crippen LogP contribution is 2.46. The Labute approximate surface area is 185 Å². The van der Waals surface area contributed by atoms with Crippen LogP contribution in [0.15, 0.2) is 0 Å². The standard InChI is InChI=1S/C6H16N.C5H13O2P.C5H12O2S.C4H9OS/c1-6(2)7(3,4)5;2*1-5(2)8(4,6)7-3;1-4(2)6(3)5/h6H,1-5H3;5H,1-4H3;5H,4H2,1-3H3;4H,3H2,1-2H3/q+1;;;-1. The fraction of sp³-hybridized carbons (Fsp3) is 0.900. The molecule has 2 atom stereocenters. The van der Waals surface area contributed by atoms with Gasteiger partial charge in [0.25, 0.3) is 0 Å². The van der Waals surface area contributed by atoms with Gasteiger partial charge in [-0.25, -0.2) is 4.21 Å². The second kappa shape index (κ2) is 16.8.